The number of hydrogen-bond donors (Lipinski definition) is 1. The zero-order valence-electron chi connectivity index (χ0n) is 16.9. The maximum Gasteiger partial charge on any atom is 0.227 e. The quantitative estimate of drug-likeness (QED) is 0.425. The summed E-state index contributed by atoms with van der Waals surface area (Å²) in [7, 11) is 0. The Hall–Kier alpha value is -2.77. The molecule has 0 bridgehead atoms. The van der Waals surface area contributed by atoms with E-state index in [1.54, 1.807) is 12.1 Å². The van der Waals surface area contributed by atoms with Gasteiger partial charge in [-0.2, -0.15) is 0 Å². The number of rotatable bonds is 3. The largest absolute Gasteiger partial charge is 0.355 e. The van der Waals surface area contributed by atoms with E-state index < -0.39 is 0 Å². The maximum atomic E-state index is 14.4. The average Bonchev–Trinajstić information content (AvgIpc) is 3.16. The molecule has 0 aliphatic carbocycles. The van der Waals surface area contributed by atoms with Gasteiger partial charge in [0, 0.05) is 34.4 Å². The smallest absolute Gasteiger partial charge is 0.227 e. The Morgan fingerprint density at radius 2 is 2.03 bits per heavy atom. The molecule has 2 aromatic carbocycles. The van der Waals surface area contributed by atoms with Crippen molar-refractivity contribution >= 4 is 60.7 Å². The van der Waals surface area contributed by atoms with Crippen molar-refractivity contribution in [3.05, 3.63) is 59.1 Å². The van der Waals surface area contributed by atoms with Gasteiger partial charge in [-0.25, -0.2) is 14.4 Å². The van der Waals surface area contributed by atoms with Crippen molar-refractivity contribution in [1.82, 2.24) is 9.97 Å². The molecule has 31 heavy (non-hydrogen) atoms. The van der Waals surface area contributed by atoms with E-state index in [2.05, 4.69) is 20.2 Å². The summed E-state index contributed by atoms with van der Waals surface area (Å²) in [6.45, 7) is 3.34. The molecule has 1 saturated heterocycles. The fraction of sp³-hybridized carbons (Fsp3) is 0.261. The zero-order chi connectivity index (χ0) is 21.5. The van der Waals surface area contributed by atoms with Crippen LogP contribution >= 0.6 is 22.9 Å². The minimum Gasteiger partial charge on any atom is -0.355 e. The fourth-order valence-corrected chi connectivity index (χ4v) is 5.43. The Kier molecular flexibility index (Phi) is 5.24. The number of piperidine rings is 1. The lowest BCUT2D eigenvalue weighted by Gasteiger charge is -2.32. The number of hydrogen-bond acceptors (Lipinski definition) is 5. The molecule has 0 unspecified atom stereocenters. The Labute approximate surface area is 187 Å². The number of carbonyl (C=O) groups excluding carboxylic acids is 1. The van der Waals surface area contributed by atoms with Crippen LogP contribution in [-0.2, 0) is 4.79 Å². The van der Waals surface area contributed by atoms with Crippen molar-refractivity contribution in [2.45, 2.75) is 19.8 Å². The van der Waals surface area contributed by atoms with Gasteiger partial charge < -0.3 is 10.2 Å². The summed E-state index contributed by atoms with van der Waals surface area (Å²) in [5, 5.41) is 4.17. The number of carbonyl (C=O) groups is 1. The molecule has 0 atom stereocenters. The number of aromatic nitrogens is 2. The molecule has 8 heteroatoms. The number of amides is 1. The number of fused-ring (bicyclic) bond motifs is 3. The van der Waals surface area contributed by atoms with Crippen molar-refractivity contribution in [2.24, 2.45) is 5.92 Å². The molecule has 3 heterocycles. The second-order valence-corrected chi connectivity index (χ2v) is 9.26. The van der Waals surface area contributed by atoms with Gasteiger partial charge in [0.25, 0.3) is 0 Å². The van der Waals surface area contributed by atoms with Crippen molar-refractivity contribution in [2.75, 3.05) is 23.3 Å². The van der Waals surface area contributed by atoms with E-state index in [-0.39, 0.29) is 17.6 Å². The number of anilines is 2. The fourth-order valence-electron chi connectivity index (χ4n) is 4.06. The second kappa shape index (κ2) is 8.05. The molecule has 5 rings (SSSR count). The predicted molar refractivity (Wildman–Crippen MR) is 125 cm³/mol. The lowest BCUT2D eigenvalue weighted by molar-refractivity contribution is -0.120. The Morgan fingerprint density at radius 3 is 2.81 bits per heavy atom. The van der Waals surface area contributed by atoms with Gasteiger partial charge in [-0.15, -0.1) is 11.3 Å². The zero-order valence-corrected chi connectivity index (χ0v) is 18.4. The molecule has 1 N–H and O–H groups in total. The summed E-state index contributed by atoms with van der Waals surface area (Å²) in [5.74, 6) is 0.486. The van der Waals surface area contributed by atoms with Crippen molar-refractivity contribution < 1.29 is 9.18 Å². The van der Waals surface area contributed by atoms with E-state index in [0.717, 1.165) is 33.6 Å². The number of aryl methyl sites for hydroxylation is 1. The minimum absolute atomic E-state index is 0.0105. The van der Waals surface area contributed by atoms with Crippen LogP contribution in [0.4, 0.5) is 15.9 Å². The number of halogens is 2. The highest BCUT2D eigenvalue weighted by molar-refractivity contribution is 7.26. The number of benzene rings is 2. The molecule has 158 valence electrons. The summed E-state index contributed by atoms with van der Waals surface area (Å²) >= 11 is 7.67. The number of nitrogens with one attached hydrogen (secondary N) is 1. The normalized spacial score (nSPS) is 15.0. The van der Waals surface area contributed by atoms with E-state index in [4.69, 9.17) is 11.6 Å². The highest BCUT2D eigenvalue weighted by Crippen LogP contribution is 2.39. The molecule has 4 aromatic rings. The monoisotopic (exact) mass is 454 g/mol. The third kappa shape index (κ3) is 3.72. The Morgan fingerprint density at radius 1 is 1.23 bits per heavy atom. The SMILES string of the molecule is Cc1ccc(NC(=O)C2CCN(c3ncnc4c3sc3cccc(F)c34)CC2)cc1Cl. The summed E-state index contributed by atoms with van der Waals surface area (Å²) in [5.41, 5.74) is 2.34. The average molecular weight is 455 g/mol. The van der Waals surface area contributed by atoms with Crippen molar-refractivity contribution in [1.29, 1.82) is 0 Å². The van der Waals surface area contributed by atoms with Crippen LogP contribution in [0.3, 0.4) is 0 Å². The van der Waals surface area contributed by atoms with E-state index in [0.29, 0.717) is 34.7 Å². The molecule has 1 fully saturated rings. The second-order valence-electron chi connectivity index (χ2n) is 7.80. The number of nitrogens with zero attached hydrogens (tertiary/aromatic N) is 3. The van der Waals surface area contributed by atoms with Crippen LogP contribution in [0.1, 0.15) is 18.4 Å². The van der Waals surface area contributed by atoms with Gasteiger partial charge in [0.05, 0.1) is 15.6 Å². The van der Waals surface area contributed by atoms with Crippen molar-refractivity contribution in [3.8, 4) is 0 Å². The van der Waals surface area contributed by atoms with E-state index in [1.807, 2.05) is 25.1 Å². The van der Waals surface area contributed by atoms with Crippen LogP contribution in [0.15, 0.2) is 42.7 Å². The lowest BCUT2D eigenvalue weighted by Crippen LogP contribution is -2.38. The molecule has 1 amide bonds. The van der Waals surface area contributed by atoms with E-state index >= 15 is 0 Å². The molecule has 1 aliphatic rings. The van der Waals surface area contributed by atoms with Crippen LogP contribution in [0.5, 0.6) is 0 Å². The van der Waals surface area contributed by atoms with Gasteiger partial charge in [-0.3, -0.25) is 4.79 Å². The van der Waals surface area contributed by atoms with Crippen LogP contribution in [0.25, 0.3) is 20.3 Å². The molecular weight excluding hydrogens is 435 g/mol. The molecule has 5 nitrogen and oxygen atoms in total. The first kappa shape index (κ1) is 20.2. The van der Waals surface area contributed by atoms with Crippen LogP contribution in [0.2, 0.25) is 5.02 Å². The van der Waals surface area contributed by atoms with Crippen LogP contribution in [0, 0.1) is 18.7 Å². The van der Waals surface area contributed by atoms with Crippen LogP contribution in [-0.4, -0.2) is 29.0 Å². The lowest BCUT2D eigenvalue weighted by atomic mass is 9.95. The summed E-state index contributed by atoms with van der Waals surface area (Å²) in [6.07, 6.45) is 2.93. The van der Waals surface area contributed by atoms with Crippen LogP contribution < -0.4 is 10.2 Å². The first-order valence-electron chi connectivity index (χ1n) is 10.1. The van der Waals surface area contributed by atoms with Gasteiger partial charge in [0.2, 0.25) is 5.91 Å². The third-order valence-electron chi connectivity index (χ3n) is 5.81. The van der Waals surface area contributed by atoms with E-state index in [1.165, 1.54) is 23.7 Å². The summed E-state index contributed by atoms with van der Waals surface area (Å²) in [4.78, 5) is 23.8. The molecule has 1 aliphatic heterocycles. The highest BCUT2D eigenvalue weighted by atomic mass is 35.5. The molecule has 0 radical (unpaired) electrons. The maximum absolute atomic E-state index is 14.4. The standard InChI is InChI=1S/C23H20ClFN4OS/c1-13-5-6-15(11-16(13)24)28-23(30)14-7-9-29(10-8-14)22-21-20(26-12-27-22)19-17(25)3-2-4-18(19)31-21/h2-6,11-12,14H,7-10H2,1H3,(H,28,30). The summed E-state index contributed by atoms with van der Waals surface area (Å²) in [6, 6.07) is 10.6. The molecular formula is C23H20ClFN4OS. The topological polar surface area (TPSA) is 58.1 Å². The highest BCUT2D eigenvalue weighted by Gasteiger charge is 2.27. The van der Waals surface area contributed by atoms with Gasteiger partial charge in [-0.05, 0) is 49.6 Å². The molecule has 0 spiro atoms. The summed E-state index contributed by atoms with van der Waals surface area (Å²) < 4.78 is 16.1. The molecule has 0 saturated carbocycles. The minimum atomic E-state index is -0.264. The first-order chi connectivity index (χ1) is 15.0. The molecule has 2 aromatic heterocycles. The van der Waals surface area contributed by atoms with Gasteiger partial charge >= 0.3 is 0 Å². The van der Waals surface area contributed by atoms with Gasteiger partial charge in [0.15, 0.2) is 0 Å². The van der Waals surface area contributed by atoms with Gasteiger partial charge in [0.1, 0.15) is 18.0 Å². The van der Waals surface area contributed by atoms with Crippen molar-refractivity contribution in [3.63, 3.8) is 0 Å². The van der Waals surface area contributed by atoms with Gasteiger partial charge in [-0.1, -0.05) is 23.7 Å². The third-order valence-corrected chi connectivity index (χ3v) is 7.36. The van der Waals surface area contributed by atoms with E-state index in [9.17, 15) is 9.18 Å². The Bertz CT molecular complexity index is 1300. The Balaban J connectivity index is 1.33. The predicted octanol–water partition coefficient (Wildman–Crippen LogP) is 5.80. The number of thiophene rings is 1. The first-order valence-corrected chi connectivity index (χ1v) is 11.3.